The number of hydrogen-bond acceptors (Lipinski definition) is 4. The van der Waals surface area contributed by atoms with Gasteiger partial charge in [-0.3, -0.25) is 4.79 Å². The average molecular weight is 209 g/mol. The molecule has 15 heavy (non-hydrogen) atoms. The Bertz CT molecular complexity index is 323. The van der Waals surface area contributed by atoms with E-state index < -0.39 is 0 Å². The van der Waals surface area contributed by atoms with Crippen molar-refractivity contribution in [2.45, 2.75) is 25.3 Å². The number of carbonyl (C=O) groups excluding carboxylic acids is 1. The van der Waals surface area contributed by atoms with Gasteiger partial charge in [0.1, 0.15) is 0 Å². The van der Waals surface area contributed by atoms with Crippen molar-refractivity contribution >= 4 is 5.91 Å². The average Bonchev–Trinajstić information content (AvgIpc) is 2.81. The lowest BCUT2D eigenvalue weighted by molar-refractivity contribution is 0.0617. The molecule has 0 saturated carbocycles. The van der Waals surface area contributed by atoms with E-state index in [0.29, 0.717) is 12.2 Å². The number of hydrogen-bond donors (Lipinski definition) is 2. The summed E-state index contributed by atoms with van der Waals surface area (Å²) in [5.41, 5.74) is 6.02. The van der Waals surface area contributed by atoms with E-state index in [-0.39, 0.29) is 11.9 Å². The van der Waals surface area contributed by atoms with Gasteiger partial charge in [0.25, 0.3) is 5.91 Å². The van der Waals surface area contributed by atoms with E-state index >= 15 is 0 Å². The van der Waals surface area contributed by atoms with Crippen LogP contribution in [0.4, 0.5) is 0 Å². The number of aromatic amines is 1. The molecule has 3 N–H and O–H groups in total. The topological polar surface area (TPSA) is 87.9 Å². The van der Waals surface area contributed by atoms with E-state index in [1.54, 1.807) is 4.90 Å². The SMILES string of the molecule is NCC1CCCCN1C(=O)c1cn[nH]n1. The van der Waals surface area contributed by atoms with Gasteiger partial charge in [0.15, 0.2) is 5.69 Å². The van der Waals surface area contributed by atoms with E-state index in [1.807, 2.05) is 0 Å². The van der Waals surface area contributed by atoms with Crippen LogP contribution in [0.2, 0.25) is 0 Å². The first kappa shape index (κ1) is 10.1. The van der Waals surface area contributed by atoms with Crippen molar-refractivity contribution in [3.8, 4) is 0 Å². The quantitative estimate of drug-likeness (QED) is 0.703. The Hall–Kier alpha value is -1.43. The number of nitrogens with one attached hydrogen (secondary N) is 1. The number of likely N-dealkylation sites (tertiary alicyclic amines) is 1. The van der Waals surface area contributed by atoms with Gasteiger partial charge >= 0.3 is 0 Å². The van der Waals surface area contributed by atoms with Crippen LogP contribution in [0.1, 0.15) is 29.8 Å². The standard InChI is InChI=1S/C9H15N5O/c10-5-7-3-1-2-4-14(7)9(15)8-6-11-13-12-8/h6-7H,1-5,10H2,(H,11,12,13). The van der Waals surface area contributed by atoms with Crippen LogP contribution in [0.5, 0.6) is 0 Å². The highest BCUT2D eigenvalue weighted by molar-refractivity contribution is 5.92. The second kappa shape index (κ2) is 4.39. The van der Waals surface area contributed by atoms with Gasteiger partial charge in [0.05, 0.1) is 6.20 Å². The molecule has 0 aromatic carbocycles. The third kappa shape index (κ3) is 1.99. The van der Waals surface area contributed by atoms with Gasteiger partial charge in [0.2, 0.25) is 0 Å². The summed E-state index contributed by atoms with van der Waals surface area (Å²) in [6.07, 6.45) is 4.62. The lowest BCUT2D eigenvalue weighted by atomic mass is 10.0. The molecule has 0 bridgehead atoms. The molecule has 0 radical (unpaired) electrons. The molecule has 82 valence electrons. The number of nitrogens with two attached hydrogens (primary N) is 1. The van der Waals surface area contributed by atoms with Crippen LogP contribution in [-0.2, 0) is 0 Å². The first-order valence-electron chi connectivity index (χ1n) is 5.19. The number of aromatic nitrogens is 3. The maximum atomic E-state index is 12.0. The Morgan fingerprint density at radius 3 is 3.20 bits per heavy atom. The fourth-order valence-electron chi connectivity index (χ4n) is 1.96. The summed E-state index contributed by atoms with van der Waals surface area (Å²) in [6, 6.07) is 0.156. The third-order valence-electron chi connectivity index (χ3n) is 2.79. The van der Waals surface area contributed by atoms with E-state index in [4.69, 9.17) is 5.73 Å². The number of piperidine rings is 1. The highest BCUT2D eigenvalue weighted by Gasteiger charge is 2.27. The molecule has 1 unspecified atom stereocenters. The predicted octanol–water partition coefficient (Wildman–Crippen LogP) is -0.242. The molecule has 2 rings (SSSR count). The number of amides is 1. The maximum Gasteiger partial charge on any atom is 0.276 e. The zero-order valence-electron chi connectivity index (χ0n) is 8.52. The highest BCUT2D eigenvalue weighted by Crippen LogP contribution is 2.17. The first-order chi connectivity index (χ1) is 7.33. The van der Waals surface area contributed by atoms with E-state index in [1.165, 1.54) is 6.20 Å². The van der Waals surface area contributed by atoms with Crippen molar-refractivity contribution in [1.82, 2.24) is 20.3 Å². The Morgan fingerprint density at radius 2 is 2.53 bits per heavy atom. The summed E-state index contributed by atoms with van der Waals surface area (Å²) in [4.78, 5) is 13.8. The highest BCUT2D eigenvalue weighted by atomic mass is 16.2. The molecule has 1 atom stereocenters. The molecule has 1 aliphatic rings. The van der Waals surface area contributed by atoms with Crippen molar-refractivity contribution in [3.63, 3.8) is 0 Å². The number of carbonyl (C=O) groups is 1. The van der Waals surface area contributed by atoms with Crippen molar-refractivity contribution in [2.75, 3.05) is 13.1 Å². The predicted molar refractivity (Wildman–Crippen MR) is 54.1 cm³/mol. The molecule has 6 heteroatoms. The van der Waals surface area contributed by atoms with E-state index in [0.717, 1.165) is 25.8 Å². The summed E-state index contributed by atoms with van der Waals surface area (Å²) >= 11 is 0. The summed E-state index contributed by atoms with van der Waals surface area (Å²) < 4.78 is 0. The van der Waals surface area contributed by atoms with Gasteiger partial charge in [-0.2, -0.15) is 15.4 Å². The van der Waals surface area contributed by atoms with Crippen molar-refractivity contribution in [2.24, 2.45) is 5.73 Å². The monoisotopic (exact) mass is 209 g/mol. The first-order valence-corrected chi connectivity index (χ1v) is 5.19. The van der Waals surface area contributed by atoms with Gasteiger partial charge < -0.3 is 10.6 Å². The largest absolute Gasteiger partial charge is 0.333 e. The molecule has 0 spiro atoms. The Kier molecular flexibility index (Phi) is 2.96. The molecule has 1 aromatic rings. The lowest BCUT2D eigenvalue weighted by Crippen LogP contribution is -2.47. The van der Waals surface area contributed by atoms with Crippen LogP contribution >= 0.6 is 0 Å². The number of nitrogens with zero attached hydrogens (tertiary/aromatic N) is 3. The molecular weight excluding hydrogens is 194 g/mol. The Morgan fingerprint density at radius 1 is 1.67 bits per heavy atom. The molecule has 2 heterocycles. The Balaban J connectivity index is 2.11. The molecule has 1 amide bonds. The van der Waals surface area contributed by atoms with Gasteiger partial charge in [-0.05, 0) is 19.3 Å². The molecule has 1 aromatic heterocycles. The maximum absolute atomic E-state index is 12.0. The van der Waals surface area contributed by atoms with Crippen LogP contribution in [-0.4, -0.2) is 45.3 Å². The second-order valence-electron chi connectivity index (χ2n) is 3.74. The molecular formula is C9H15N5O. The van der Waals surface area contributed by atoms with Gasteiger partial charge in [0, 0.05) is 19.1 Å². The summed E-state index contributed by atoms with van der Waals surface area (Å²) in [7, 11) is 0. The molecule has 6 nitrogen and oxygen atoms in total. The van der Waals surface area contributed by atoms with E-state index in [9.17, 15) is 4.79 Å². The minimum Gasteiger partial charge on any atom is -0.333 e. The minimum absolute atomic E-state index is 0.0705. The minimum atomic E-state index is -0.0705. The van der Waals surface area contributed by atoms with Crippen LogP contribution in [0.25, 0.3) is 0 Å². The number of H-pyrrole nitrogens is 1. The van der Waals surface area contributed by atoms with Crippen LogP contribution in [0.15, 0.2) is 6.20 Å². The second-order valence-corrected chi connectivity index (χ2v) is 3.74. The summed E-state index contributed by atoms with van der Waals surface area (Å²) in [5, 5.41) is 9.87. The van der Waals surface area contributed by atoms with Crippen molar-refractivity contribution < 1.29 is 4.79 Å². The Labute approximate surface area is 87.8 Å². The fraction of sp³-hybridized carbons (Fsp3) is 0.667. The zero-order valence-corrected chi connectivity index (χ0v) is 8.52. The molecule has 0 aliphatic carbocycles. The van der Waals surface area contributed by atoms with Crippen LogP contribution < -0.4 is 5.73 Å². The van der Waals surface area contributed by atoms with Crippen LogP contribution in [0.3, 0.4) is 0 Å². The molecule has 1 saturated heterocycles. The van der Waals surface area contributed by atoms with E-state index in [2.05, 4.69) is 15.4 Å². The van der Waals surface area contributed by atoms with Crippen molar-refractivity contribution in [1.29, 1.82) is 0 Å². The van der Waals surface area contributed by atoms with Crippen LogP contribution in [0, 0.1) is 0 Å². The normalized spacial score (nSPS) is 21.7. The summed E-state index contributed by atoms with van der Waals surface area (Å²) in [5.74, 6) is -0.0705. The lowest BCUT2D eigenvalue weighted by Gasteiger charge is -2.34. The third-order valence-corrected chi connectivity index (χ3v) is 2.79. The van der Waals surface area contributed by atoms with Crippen molar-refractivity contribution in [3.05, 3.63) is 11.9 Å². The summed E-state index contributed by atoms with van der Waals surface area (Å²) in [6.45, 7) is 1.29. The smallest absolute Gasteiger partial charge is 0.276 e. The number of rotatable bonds is 2. The fourth-order valence-corrected chi connectivity index (χ4v) is 1.96. The van der Waals surface area contributed by atoms with Gasteiger partial charge in [-0.1, -0.05) is 0 Å². The van der Waals surface area contributed by atoms with Gasteiger partial charge in [-0.15, -0.1) is 0 Å². The zero-order chi connectivity index (χ0) is 10.7. The molecule has 1 fully saturated rings. The van der Waals surface area contributed by atoms with Gasteiger partial charge in [-0.25, -0.2) is 0 Å². The molecule has 1 aliphatic heterocycles.